The Labute approximate surface area is 185 Å². The molecule has 0 saturated carbocycles. The Hall–Kier alpha value is -2.48. The maximum Gasteiger partial charge on any atom is 0.156 e. The van der Waals surface area contributed by atoms with E-state index in [9.17, 15) is 0 Å². The molecule has 0 aliphatic carbocycles. The lowest BCUT2D eigenvalue weighted by Gasteiger charge is -2.33. The molecule has 4 N–H and O–H groups in total. The van der Waals surface area contributed by atoms with Crippen molar-refractivity contribution in [2.75, 3.05) is 18.1 Å². The number of hydrazine groups is 1. The van der Waals surface area contributed by atoms with E-state index < -0.39 is 0 Å². The van der Waals surface area contributed by atoms with Gasteiger partial charge in [0.05, 0.1) is 0 Å². The molecule has 3 rings (SSSR count). The average molecular weight is 429 g/mol. The van der Waals surface area contributed by atoms with Crippen LogP contribution in [0, 0.1) is 0 Å². The van der Waals surface area contributed by atoms with E-state index in [0.29, 0.717) is 17.2 Å². The van der Waals surface area contributed by atoms with E-state index in [2.05, 4.69) is 36.7 Å². The summed E-state index contributed by atoms with van der Waals surface area (Å²) in [4.78, 5) is 5.69. The topological polar surface area (TPSA) is 81.0 Å². The SMILES string of the molecule is CCCCNOc1ccc2c(c1)Oc1cc(OC(N)CCC)ccc1N2NCCCC. The van der Waals surface area contributed by atoms with Crippen molar-refractivity contribution in [1.82, 2.24) is 10.9 Å². The number of hydroxylamine groups is 1. The number of fused-ring (bicyclic) bond motifs is 2. The summed E-state index contributed by atoms with van der Waals surface area (Å²) in [5, 5.41) is 2.08. The van der Waals surface area contributed by atoms with Crippen molar-refractivity contribution in [2.24, 2.45) is 5.73 Å². The predicted octanol–water partition coefficient (Wildman–Crippen LogP) is 5.38. The Morgan fingerprint density at radius 1 is 0.903 bits per heavy atom. The van der Waals surface area contributed by atoms with Gasteiger partial charge in [-0.2, -0.15) is 5.48 Å². The lowest BCUT2D eigenvalue weighted by atomic mass is 10.2. The minimum atomic E-state index is -0.327. The Morgan fingerprint density at radius 2 is 1.55 bits per heavy atom. The van der Waals surface area contributed by atoms with Gasteiger partial charge in [0.2, 0.25) is 0 Å². The molecule has 0 saturated heterocycles. The molecule has 1 aliphatic heterocycles. The monoisotopic (exact) mass is 428 g/mol. The van der Waals surface area contributed by atoms with E-state index in [1.54, 1.807) is 0 Å². The highest BCUT2D eigenvalue weighted by Crippen LogP contribution is 2.48. The summed E-state index contributed by atoms with van der Waals surface area (Å²) >= 11 is 0. The normalized spacial score (nSPS) is 13.2. The Bertz CT molecular complexity index is 830. The number of nitrogens with zero attached hydrogens (tertiary/aromatic N) is 1. The minimum Gasteiger partial charge on any atom is -0.475 e. The van der Waals surface area contributed by atoms with Crippen LogP contribution in [-0.4, -0.2) is 19.3 Å². The highest BCUT2D eigenvalue weighted by atomic mass is 16.6. The summed E-state index contributed by atoms with van der Waals surface area (Å²) < 4.78 is 12.1. The van der Waals surface area contributed by atoms with Crippen LogP contribution in [0.3, 0.4) is 0 Å². The molecule has 0 spiro atoms. The molecule has 0 radical (unpaired) electrons. The number of unbranched alkanes of at least 4 members (excludes halogenated alkanes) is 2. The Kier molecular flexibility index (Phi) is 8.82. The van der Waals surface area contributed by atoms with E-state index in [4.69, 9.17) is 20.0 Å². The molecule has 0 fully saturated rings. The summed E-state index contributed by atoms with van der Waals surface area (Å²) in [6.45, 7) is 8.10. The Morgan fingerprint density at radius 3 is 2.23 bits per heavy atom. The fourth-order valence-corrected chi connectivity index (χ4v) is 3.35. The second-order valence-electron chi connectivity index (χ2n) is 7.75. The van der Waals surface area contributed by atoms with Gasteiger partial charge in [-0.3, -0.25) is 10.7 Å². The second kappa shape index (κ2) is 11.8. The summed E-state index contributed by atoms with van der Waals surface area (Å²) in [7, 11) is 0. The largest absolute Gasteiger partial charge is 0.475 e. The van der Waals surface area contributed by atoms with Gasteiger partial charge < -0.3 is 14.3 Å². The van der Waals surface area contributed by atoms with Crippen LogP contribution in [0.15, 0.2) is 36.4 Å². The fraction of sp³-hybridized carbons (Fsp3) is 0.500. The third-order valence-corrected chi connectivity index (χ3v) is 5.05. The molecular weight excluding hydrogens is 392 g/mol. The predicted molar refractivity (Wildman–Crippen MR) is 125 cm³/mol. The number of ether oxygens (including phenoxy) is 2. The summed E-state index contributed by atoms with van der Waals surface area (Å²) in [6, 6.07) is 11.7. The number of nitrogens with one attached hydrogen (secondary N) is 2. The zero-order chi connectivity index (χ0) is 22.1. The molecular formula is C24H36N4O3. The van der Waals surface area contributed by atoms with Gasteiger partial charge in [0.25, 0.3) is 0 Å². The molecule has 7 heteroatoms. The first-order valence-corrected chi connectivity index (χ1v) is 11.5. The third kappa shape index (κ3) is 6.26. The number of hydrogen-bond acceptors (Lipinski definition) is 7. The van der Waals surface area contributed by atoms with Gasteiger partial charge in [0.15, 0.2) is 17.2 Å². The molecule has 1 atom stereocenters. The third-order valence-electron chi connectivity index (χ3n) is 5.05. The summed E-state index contributed by atoms with van der Waals surface area (Å²) in [5.41, 5.74) is 14.5. The maximum absolute atomic E-state index is 6.25. The van der Waals surface area contributed by atoms with Crippen LogP contribution in [0.1, 0.15) is 59.3 Å². The van der Waals surface area contributed by atoms with Crippen molar-refractivity contribution < 1.29 is 14.3 Å². The number of benzene rings is 2. The lowest BCUT2D eigenvalue weighted by molar-refractivity contribution is 0.193. The zero-order valence-corrected chi connectivity index (χ0v) is 18.9. The molecule has 2 aromatic rings. The summed E-state index contributed by atoms with van der Waals surface area (Å²) in [5.74, 6) is 2.85. The number of nitrogens with two attached hydrogens (primary N) is 1. The first kappa shape index (κ1) is 23.2. The zero-order valence-electron chi connectivity index (χ0n) is 18.9. The Balaban J connectivity index is 1.83. The van der Waals surface area contributed by atoms with Gasteiger partial charge in [-0.15, -0.1) is 0 Å². The van der Waals surface area contributed by atoms with Gasteiger partial charge in [-0.05, 0) is 43.5 Å². The molecule has 1 unspecified atom stereocenters. The molecule has 1 heterocycles. The van der Waals surface area contributed by atoms with Crippen molar-refractivity contribution in [3.63, 3.8) is 0 Å². The minimum absolute atomic E-state index is 0.327. The van der Waals surface area contributed by atoms with Crippen LogP contribution in [0.25, 0.3) is 0 Å². The van der Waals surface area contributed by atoms with Crippen molar-refractivity contribution >= 4 is 11.4 Å². The highest BCUT2D eigenvalue weighted by Gasteiger charge is 2.26. The van der Waals surface area contributed by atoms with Crippen LogP contribution < -0.4 is 36.0 Å². The van der Waals surface area contributed by atoms with Crippen LogP contribution in [0.4, 0.5) is 11.4 Å². The molecule has 0 amide bonds. The van der Waals surface area contributed by atoms with Gasteiger partial charge in [-0.25, -0.2) is 5.43 Å². The van der Waals surface area contributed by atoms with Gasteiger partial charge in [-0.1, -0.05) is 40.0 Å². The maximum atomic E-state index is 6.25. The van der Waals surface area contributed by atoms with E-state index in [-0.39, 0.29) is 6.23 Å². The van der Waals surface area contributed by atoms with E-state index in [0.717, 1.165) is 68.7 Å². The van der Waals surface area contributed by atoms with Gasteiger partial charge in [0, 0.05) is 25.2 Å². The van der Waals surface area contributed by atoms with Crippen LogP contribution >= 0.6 is 0 Å². The van der Waals surface area contributed by atoms with Crippen molar-refractivity contribution in [2.45, 2.75) is 65.5 Å². The smallest absolute Gasteiger partial charge is 0.156 e. The van der Waals surface area contributed by atoms with Crippen molar-refractivity contribution in [3.05, 3.63) is 36.4 Å². The molecule has 170 valence electrons. The highest BCUT2D eigenvalue weighted by molar-refractivity contribution is 5.78. The standard InChI is InChI=1S/C24H36N4O3/c1-4-7-14-26-28-20-12-10-18(29-24(25)9-6-3)16-22(20)30-23-17-19(11-13-21(23)28)31-27-15-8-5-2/h10-13,16-17,24,26-27H,4-9,14-15,25H2,1-3H3. The number of anilines is 2. The molecule has 7 nitrogen and oxygen atoms in total. The number of hydrogen-bond donors (Lipinski definition) is 3. The van der Waals surface area contributed by atoms with Crippen molar-refractivity contribution in [1.29, 1.82) is 0 Å². The lowest BCUT2D eigenvalue weighted by Crippen LogP contribution is -2.36. The van der Waals surface area contributed by atoms with E-state index >= 15 is 0 Å². The first-order valence-electron chi connectivity index (χ1n) is 11.5. The van der Waals surface area contributed by atoms with Crippen LogP contribution in [-0.2, 0) is 0 Å². The van der Waals surface area contributed by atoms with E-state index in [1.165, 1.54) is 0 Å². The van der Waals surface area contributed by atoms with Crippen LogP contribution in [0.5, 0.6) is 23.0 Å². The average Bonchev–Trinajstić information content (AvgIpc) is 2.76. The van der Waals surface area contributed by atoms with Crippen LogP contribution in [0.2, 0.25) is 0 Å². The number of rotatable bonds is 13. The quantitative estimate of drug-likeness (QED) is 0.224. The molecule has 31 heavy (non-hydrogen) atoms. The molecule has 0 bridgehead atoms. The molecule has 2 aromatic carbocycles. The molecule has 1 aliphatic rings. The van der Waals surface area contributed by atoms with Gasteiger partial charge >= 0.3 is 0 Å². The fourth-order valence-electron chi connectivity index (χ4n) is 3.35. The first-order chi connectivity index (χ1) is 15.2. The van der Waals surface area contributed by atoms with Gasteiger partial charge in [0.1, 0.15) is 23.4 Å². The van der Waals surface area contributed by atoms with Crippen molar-refractivity contribution in [3.8, 4) is 23.0 Å². The van der Waals surface area contributed by atoms with E-state index in [1.807, 2.05) is 36.4 Å². The second-order valence-corrected chi connectivity index (χ2v) is 7.75. The summed E-state index contributed by atoms with van der Waals surface area (Å²) in [6.07, 6.45) is 5.83. The molecule has 0 aromatic heterocycles.